The molecular formula is C17H22O6. The Kier molecular flexibility index (Phi) is 3.72. The van der Waals surface area contributed by atoms with E-state index in [-0.39, 0.29) is 13.2 Å². The summed E-state index contributed by atoms with van der Waals surface area (Å²) in [6.07, 6.45) is -1.83. The van der Waals surface area contributed by atoms with Gasteiger partial charge in [0.2, 0.25) is 5.79 Å². The van der Waals surface area contributed by atoms with Crippen molar-refractivity contribution in [3.05, 3.63) is 35.4 Å². The highest BCUT2D eigenvalue weighted by molar-refractivity contribution is 5.26. The van der Waals surface area contributed by atoms with Gasteiger partial charge in [-0.3, -0.25) is 0 Å². The summed E-state index contributed by atoms with van der Waals surface area (Å²) in [7, 11) is 0. The summed E-state index contributed by atoms with van der Waals surface area (Å²) < 4.78 is 29.6. The lowest BCUT2D eigenvalue weighted by molar-refractivity contribution is -0.353. The quantitative estimate of drug-likeness (QED) is 0.777. The fraction of sp³-hybridized carbons (Fsp3) is 0.647. The van der Waals surface area contributed by atoms with Gasteiger partial charge in [-0.05, 0) is 25.0 Å². The third kappa shape index (κ3) is 2.69. The van der Waals surface area contributed by atoms with Crippen molar-refractivity contribution in [1.29, 1.82) is 0 Å². The molecule has 6 nitrogen and oxygen atoms in total. The molecule has 1 spiro atoms. The zero-order valence-corrected chi connectivity index (χ0v) is 13.4. The van der Waals surface area contributed by atoms with E-state index in [9.17, 15) is 5.11 Å². The third-order valence-corrected chi connectivity index (χ3v) is 4.62. The number of fused-ring (bicyclic) bond motifs is 3. The minimum Gasteiger partial charge on any atom is -0.388 e. The molecular weight excluding hydrogens is 300 g/mol. The summed E-state index contributed by atoms with van der Waals surface area (Å²) in [6.45, 7) is 4.90. The number of aliphatic hydroxyl groups is 1. The van der Waals surface area contributed by atoms with Crippen molar-refractivity contribution in [3.8, 4) is 0 Å². The Morgan fingerprint density at radius 1 is 1.04 bits per heavy atom. The van der Waals surface area contributed by atoms with E-state index in [2.05, 4.69) is 0 Å². The van der Waals surface area contributed by atoms with Crippen LogP contribution in [0.3, 0.4) is 0 Å². The highest BCUT2D eigenvalue weighted by Gasteiger charge is 2.59. The first-order valence-electron chi connectivity index (χ1n) is 7.95. The highest BCUT2D eigenvalue weighted by atomic mass is 16.8. The van der Waals surface area contributed by atoms with Crippen LogP contribution in [-0.4, -0.2) is 48.2 Å². The molecule has 23 heavy (non-hydrogen) atoms. The smallest absolute Gasteiger partial charge is 0.224 e. The topological polar surface area (TPSA) is 66.4 Å². The third-order valence-electron chi connectivity index (χ3n) is 4.62. The van der Waals surface area contributed by atoms with Crippen LogP contribution in [0.15, 0.2) is 24.3 Å². The number of hydrogen-bond acceptors (Lipinski definition) is 6. The number of rotatable bonds is 0. The van der Waals surface area contributed by atoms with Crippen molar-refractivity contribution in [2.24, 2.45) is 0 Å². The van der Waals surface area contributed by atoms with E-state index < -0.39 is 29.9 Å². The Hall–Kier alpha value is -1.02. The first kappa shape index (κ1) is 15.5. The van der Waals surface area contributed by atoms with Crippen LogP contribution in [-0.2, 0) is 36.9 Å². The molecule has 0 radical (unpaired) electrons. The normalized spacial score (nSPS) is 39.3. The molecule has 0 unspecified atom stereocenters. The van der Waals surface area contributed by atoms with Crippen LogP contribution in [0.1, 0.15) is 25.0 Å². The average molecular weight is 322 g/mol. The van der Waals surface area contributed by atoms with Gasteiger partial charge >= 0.3 is 0 Å². The molecule has 1 N–H and O–H groups in total. The number of benzene rings is 1. The second kappa shape index (κ2) is 5.51. The van der Waals surface area contributed by atoms with Crippen LogP contribution in [0.25, 0.3) is 0 Å². The van der Waals surface area contributed by atoms with Gasteiger partial charge in [-0.25, -0.2) is 0 Å². The lowest BCUT2D eigenvalue weighted by atomic mass is 9.95. The van der Waals surface area contributed by atoms with E-state index in [0.717, 1.165) is 11.1 Å². The zero-order chi connectivity index (χ0) is 16.1. The Morgan fingerprint density at radius 3 is 2.39 bits per heavy atom. The van der Waals surface area contributed by atoms with Gasteiger partial charge in [0, 0.05) is 0 Å². The summed E-state index contributed by atoms with van der Waals surface area (Å²) >= 11 is 0. The van der Waals surface area contributed by atoms with Gasteiger partial charge in [-0.15, -0.1) is 0 Å². The van der Waals surface area contributed by atoms with Crippen molar-refractivity contribution < 1.29 is 28.8 Å². The van der Waals surface area contributed by atoms with E-state index in [1.807, 2.05) is 38.1 Å². The van der Waals surface area contributed by atoms with E-state index >= 15 is 0 Å². The summed E-state index contributed by atoms with van der Waals surface area (Å²) in [5.41, 5.74) is 2.14. The monoisotopic (exact) mass is 322 g/mol. The molecule has 1 aromatic carbocycles. The summed E-state index contributed by atoms with van der Waals surface area (Å²) in [5, 5.41) is 10.3. The number of hydrogen-bond donors (Lipinski definition) is 1. The molecule has 3 aliphatic rings. The van der Waals surface area contributed by atoms with Gasteiger partial charge in [0.05, 0.1) is 19.8 Å². The predicted molar refractivity (Wildman–Crippen MR) is 79.4 cm³/mol. The molecule has 6 heteroatoms. The SMILES string of the molecule is CC1(C)OC[C@]2(OC[C@@H](O)[C@H]3OCc4ccccc4CO[C@@H]32)O1. The van der Waals surface area contributed by atoms with E-state index in [1.165, 1.54) is 0 Å². The second-order valence-electron chi connectivity index (χ2n) is 6.76. The van der Waals surface area contributed by atoms with Crippen molar-refractivity contribution >= 4 is 0 Å². The van der Waals surface area contributed by atoms with Crippen LogP contribution >= 0.6 is 0 Å². The van der Waals surface area contributed by atoms with Crippen molar-refractivity contribution in [2.45, 2.75) is 56.9 Å². The summed E-state index contributed by atoms with van der Waals surface area (Å²) in [5.74, 6) is -1.80. The molecule has 2 fully saturated rings. The van der Waals surface area contributed by atoms with Crippen molar-refractivity contribution in [2.75, 3.05) is 13.2 Å². The van der Waals surface area contributed by atoms with Crippen LogP contribution in [0.2, 0.25) is 0 Å². The maximum absolute atomic E-state index is 10.3. The van der Waals surface area contributed by atoms with Crippen LogP contribution in [0, 0.1) is 0 Å². The molecule has 0 bridgehead atoms. The van der Waals surface area contributed by atoms with E-state index in [4.69, 9.17) is 23.7 Å². The molecule has 0 aliphatic carbocycles. The maximum Gasteiger partial charge on any atom is 0.224 e. The molecule has 3 aliphatic heterocycles. The molecule has 3 heterocycles. The largest absolute Gasteiger partial charge is 0.388 e. The fourth-order valence-corrected chi connectivity index (χ4v) is 3.44. The molecule has 4 rings (SSSR count). The van der Waals surface area contributed by atoms with E-state index in [1.54, 1.807) is 0 Å². The number of ether oxygens (including phenoxy) is 5. The predicted octanol–water partition coefficient (Wildman–Crippen LogP) is 1.34. The van der Waals surface area contributed by atoms with Crippen molar-refractivity contribution in [1.82, 2.24) is 0 Å². The Bertz CT molecular complexity index is 588. The zero-order valence-electron chi connectivity index (χ0n) is 13.4. The van der Waals surface area contributed by atoms with Crippen LogP contribution in [0.5, 0.6) is 0 Å². The Morgan fingerprint density at radius 2 is 1.74 bits per heavy atom. The molecule has 4 atom stereocenters. The minimum absolute atomic E-state index is 0.131. The molecule has 2 saturated heterocycles. The minimum atomic E-state index is -1.04. The van der Waals surface area contributed by atoms with Crippen LogP contribution < -0.4 is 0 Å². The molecule has 0 aromatic heterocycles. The lowest BCUT2D eigenvalue weighted by Gasteiger charge is -2.46. The Labute approximate surface area is 135 Å². The van der Waals surface area contributed by atoms with E-state index in [0.29, 0.717) is 13.2 Å². The standard InChI is InChI=1S/C17H22O6/c1-16(2)22-10-17(23-16)15-14(13(18)9-21-17)19-7-11-5-3-4-6-12(11)8-20-15/h3-6,13-15,18H,7-10H2,1-2H3/t13-,14-,15+,17+/m1/s1. The van der Waals surface area contributed by atoms with Gasteiger partial charge in [0.15, 0.2) is 5.79 Å². The van der Waals surface area contributed by atoms with Crippen molar-refractivity contribution in [3.63, 3.8) is 0 Å². The maximum atomic E-state index is 10.3. The Balaban J connectivity index is 1.65. The van der Waals surface area contributed by atoms with Gasteiger partial charge in [-0.1, -0.05) is 24.3 Å². The fourth-order valence-electron chi connectivity index (χ4n) is 3.44. The van der Waals surface area contributed by atoms with Gasteiger partial charge < -0.3 is 28.8 Å². The molecule has 1 aromatic rings. The number of aliphatic hydroxyl groups excluding tert-OH is 1. The van der Waals surface area contributed by atoms with Gasteiger partial charge in [-0.2, -0.15) is 0 Å². The average Bonchev–Trinajstić information content (AvgIpc) is 2.81. The summed E-state index contributed by atoms with van der Waals surface area (Å²) in [4.78, 5) is 0. The van der Waals surface area contributed by atoms with Gasteiger partial charge in [0.1, 0.15) is 24.9 Å². The second-order valence-corrected chi connectivity index (χ2v) is 6.76. The first-order valence-corrected chi connectivity index (χ1v) is 7.95. The van der Waals surface area contributed by atoms with Crippen LogP contribution in [0.4, 0.5) is 0 Å². The molecule has 0 saturated carbocycles. The first-order chi connectivity index (χ1) is 11.0. The highest BCUT2D eigenvalue weighted by Crippen LogP contribution is 2.41. The molecule has 126 valence electrons. The molecule has 0 amide bonds. The van der Waals surface area contributed by atoms with Gasteiger partial charge in [0.25, 0.3) is 0 Å². The summed E-state index contributed by atoms with van der Waals surface area (Å²) in [6, 6.07) is 7.97. The lowest BCUT2D eigenvalue weighted by Crippen LogP contribution is -2.64.